The molecule has 10 rings (SSSR count). The first-order chi connectivity index (χ1) is 32.4. The lowest BCUT2D eigenvalue weighted by Gasteiger charge is -2.36. The monoisotopic (exact) mass is 888 g/mol. The Bertz CT molecular complexity index is 2690. The van der Waals surface area contributed by atoms with Crippen molar-refractivity contribution in [3.63, 3.8) is 0 Å². The SMILES string of the molecule is COOC=N[C@@H](C(=O)N1[C@@H]2CCCC[C@@H]2C[C@H]1c1nc2ccc(-c3ccc(-c4cnc([C@@H]5C[C@H]6CCCC[C@H]6N5C(=O)[C@@H](NC(=O)OC)c5ccccc5)[nH]4)cc3)cc2[nH]1)c1ccccc1. The van der Waals surface area contributed by atoms with Gasteiger partial charge in [0.2, 0.25) is 6.40 Å². The van der Waals surface area contributed by atoms with E-state index >= 15 is 0 Å². The van der Waals surface area contributed by atoms with Gasteiger partial charge in [0.15, 0.2) is 6.04 Å². The largest absolute Gasteiger partial charge is 0.453 e. The second-order valence-corrected chi connectivity index (χ2v) is 18.1. The summed E-state index contributed by atoms with van der Waals surface area (Å²) in [6.07, 6.45) is 12.5. The Morgan fingerprint density at radius 1 is 0.712 bits per heavy atom. The number of ether oxygens (including phenoxy) is 1. The maximum absolute atomic E-state index is 14.7. The predicted octanol–water partition coefficient (Wildman–Crippen LogP) is 9.73. The molecule has 0 bridgehead atoms. The number of aromatic nitrogens is 4. The van der Waals surface area contributed by atoms with Gasteiger partial charge in [0.25, 0.3) is 11.8 Å². The second-order valence-electron chi connectivity index (χ2n) is 18.1. The Hall–Kier alpha value is -6.80. The summed E-state index contributed by atoms with van der Waals surface area (Å²) in [6.45, 7) is 0. The van der Waals surface area contributed by atoms with E-state index in [0.717, 1.165) is 115 Å². The Kier molecular flexibility index (Phi) is 12.4. The molecule has 4 fully saturated rings. The van der Waals surface area contributed by atoms with Crippen molar-refractivity contribution < 1.29 is 28.9 Å². The number of nitrogens with one attached hydrogen (secondary N) is 3. The van der Waals surface area contributed by atoms with Crippen molar-refractivity contribution in [2.75, 3.05) is 14.2 Å². The van der Waals surface area contributed by atoms with Crippen LogP contribution in [-0.4, -0.2) is 80.3 Å². The molecule has 340 valence electrons. The summed E-state index contributed by atoms with van der Waals surface area (Å²) in [5.74, 6) is 2.05. The Morgan fingerprint density at radius 3 is 1.98 bits per heavy atom. The molecule has 14 heteroatoms. The zero-order valence-electron chi connectivity index (χ0n) is 37.3. The van der Waals surface area contributed by atoms with E-state index in [1.165, 1.54) is 20.6 Å². The highest BCUT2D eigenvalue weighted by molar-refractivity contribution is 5.88. The minimum absolute atomic E-state index is 0.0651. The zero-order valence-corrected chi connectivity index (χ0v) is 37.3. The number of likely N-dealkylation sites (tertiary alicyclic amines) is 2. The van der Waals surface area contributed by atoms with Crippen LogP contribution in [0.15, 0.2) is 114 Å². The molecule has 3 amide bonds. The number of carbonyl (C=O) groups is 3. The maximum Gasteiger partial charge on any atom is 0.407 e. The van der Waals surface area contributed by atoms with Crippen molar-refractivity contribution in [3.05, 3.63) is 132 Å². The number of rotatable bonds is 12. The topological polar surface area (TPSA) is 167 Å². The summed E-state index contributed by atoms with van der Waals surface area (Å²) >= 11 is 0. The molecule has 2 aromatic heterocycles. The van der Waals surface area contributed by atoms with Crippen molar-refractivity contribution in [1.29, 1.82) is 0 Å². The predicted molar refractivity (Wildman–Crippen MR) is 250 cm³/mol. The number of fused-ring (bicyclic) bond motifs is 3. The van der Waals surface area contributed by atoms with Gasteiger partial charge < -0.3 is 34.7 Å². The van der Waals surface area contributed by atoms with Crippen LogP contribution in [0.3, 0.4) is 0 Å². The Morgan fingerprint density at radius 2 is 1.32 bits per heavy atom. The number of aromatic amines is 2. The molecule has 0 spiro atoms. The highest BCUT2D eigenvalue weighted by Gasteiger charge is 2.49. The minimum atomic E-state index is -0.887. The van der Waals surface area contributed by atoms with Gasteiger partial charge in [-0.05, 0) is 90.3 Å². The van der Waals surface area contributed by atoms with E-state index in [1.807, 2.05) is 77.8 Å². The third kappa shape index (κ3) is 8.45. The van der Waals surface area contributed by atoms with Crippen molar-refractivity contribution in [2.45, 2.75) is 100 Å². The Labute approximate surface area is 384 Å². The zero-order chi connectivity index (χ0) is 45.1. The van der Waals surface area contributed by atoms with Crippen molar-refractivity contribution >= 4 is 35.3 Å². The van der Waals surface area contributed by atoms with Crippen LogP contribution in [0.1, 0.15) is 111 Å². The van der Waals surface area contributed by atoms with Crippen LogP contribution in [0.25, 0.3) is 33.4 Å². The number of nitrogens with zero attached hydrogens (tertiary/aromatic N) is 5. The molecule has 14 nitrogen and oxygen atoms in total. The molecule has 4 heterocycles. The van der Waals surface area contributed by atoms with E-state index in [4.69, 9.17) is 24.5 Å². The van der Waals surface area contributed by atoms with Crippen LogP contribution in [0.5, 0.6) is 0 Å². The molecule has 66 heavy (non-hydrogen) atoms. The molecule has 0 unspecified atom stereocenters. The Balaban J connectivity index is 0.891. The van der Waals surface area contributed by atoms with Gasteiger partial charge in [-0.1, -0.05) is 117 Å². The van der Waals surface area contributed by atoms with Gasteiger partial charge in [-0.15, -0.1) is 0 Å². The van der Waals surface area contributed by atoms with Crippen LogP contribution in [0, 0.1) is 11.8 Å². The number of methoxy groups -OCH3 is 1. The summed E-state index contributed by atoms with van der Waals surface area (Å²) in [5.41, 5.74) is 7.17. The quantitative estimate of drug-likeness (QED) is 0.0473. The first kappa shape index (κ1) is 43.1. The van der Waals surface area contributed by atoms with Gasteiger partial charge in [0, 0.05) is 12.1 Å². The fourth-order valence-electron chi connectivity index (χ4n) is 11.4. The summed E-state index contributed by atoms with van der Waals surface area (Å²) < 4.78 is 4.95. The minimum Gasteiger partial charge on any atom is -0.453 e. The smallest absolute Gasteiger partial charge is 0.407 e. The summed E-state index contributed by atoms with van der Waals surface area (Å²) in [4.78, 5) is 77.4. The molecular weight excluding hydrogens is 833 g/mol. The van der Waals surface area contributed by atoms with E-state index in [0.29, 0.717) is 17.4 Å². The first-order valence-electron chi connectivity index (χ1n) is 23.3. The van der Waals surface area contributed by atoms with E-state index in [9.17, 15) is 14.4 Å². The van der Waals surface area contributed by atoms with E-state index < -0.39 is 18.2 Å². The number of hydrogen-bond donors (Lipinski definition) is 3. The average Bonchev–Trinajstić information content (AvgIpc) is 4.18. The van der Waals surface area contributed by atoms with Crippen LogP contribution < -0.4 is 5.32 Å². The maximum atomic E-state index is 14.7. The van der Waals surface area contributed by atoms with Crippen LogP contribution in [0.2, 0.25) is 0 Å². The molecule has 2 saturated carbocycles. The molecule has 8 atom stereocenters. The standard InChI is InChI=1S/C52H56N8O6/c1-64-52(63)58-47(35-15-7-4-8-16-35)51(62)59-42-19-11-9-17-37(42)28-44(59)48-53-30-41(57-48)33-23-21-32(22-24-33)36-25-26-39-40(27-36)56-49(55-39)45-29-38-18-10-12-20-43(38)60(45)50(61)46(54-31-66-65-2)34-13-5-3-6-14-34/h3-8,13-16,21-27,30-31,37-38,42-47H,9-12,17-20,28-29H2,1-2H3,(H,53,57)(H,55,56)(H,58,63)/t37-,38-,42-,43-,44+,45+,46-,47+/m1/s1. The molecule has 2 aliphatic heterocycles. The molecule has 3 N–H and O–H groups in total. The highest BCUT2D eigenvalue weighted by atomic mass is 17.2. The average molecular weight is 889 g/mol. The van der Waals surface area contributed by atoms with Gasteiger partial charge in [0.05, 0.1) is 49.2 Å². The van der Waals surface area contributed by atoms with Gasteiger partial charge in [-0.25, -0.2) is 19.8 Å². The molecule has 2 aliphatic carbocycles. The van der Waals surface area contributed by atoms with Gasteiger partial charge in [0.1, 0.15) is 17.7 Å². The first-order valence-corrected chi connectivity index (χ1v) is 23.3. The second kappa shape index (κ2) is 19.0. The number of H-pyrrole nitrogens is 2. The molecule has 2 saturated heterocycles. The van der Waals surface area contributed by atoms with Crippen molar-refractivity contribution in [3.8, 4) is 22.4 Å². The van der Waals surface area contributed by atoms with Crippen LogP contribution in [-0.2, 0) is 24.1 Å². The van der Waals surface area contributed by atoms with E-state index in [-0.39, 0.29) is 36.0 Å². The number of alkyl carbamates (subject to hydrolysis) is 1. The normalized spacial score (nSPS) is 23.6. The van der Waals surface area contributed by atoms with Crippen molar-refractivity contribution in [2.24, 2.45) is 16.8 Å². The lowest BCUT2D eigenvalue weighted by molar-refractivity contribution is -0.188. The molecular formula is C52H56N8O6. The number of hydrogen-bond acceptors (Lipinski definition) is 9. The summed E-state index contributed by atoms with van der Waals surface area (Å²) in [7, 11) is 2.72. The molecule has 0 radical (unpaired) electrons. The van der Waals surface area contributed by atoms with Crippen LogP contribution >= 0.6 is 0 Å². The third-order valence-electron chi connectivity index (χ3n) is 14.5. The van der Waals surface area contributed by atoms with E-state index in [1.54, 1.807) is 0 Å². The lowest BCUT2D eigenvalue weighted by Crippen LogP contribution is -2.47. The van der Waals surface area contributed by atoms with Crippen molar-refractivity contribution in [1.82, 2.24) is 35.1 Å². The number of imidazole rings is 2. The highest BCUT2D eigenvalue weighted by Crippen LogP contribution is 2.49. The van der Waals surface area contributed by atoms with E-state index in [2.05, 4.69) is 61.6 Å². The molecule has 6 aromatic rings. The number of amides is 3. The molecule has 4 aliphatic rings. The van der Waals surface area contributed by atoms with Gasteiger partial charge >= 0.3 is 6.09 Å². The van der Waals surface area contributed by atoms with Gasteiger partial charge in [-0.2, -0.15) is 4.89 Å². The lowest BCUT2D eigenvalue weighted by atomic mass is 9.84. The summed E-state index contributed by atoms with van der Waals surface area (Å²) in [5, 5.41) is 2.82. The van der Waals surface area contributed by atoms with Gasteiger partial charge in [-0.3, -0.25) is 9.59 Å². The molecule has 4 aromatic carbocycles. The third-order valence-corrected chi connectivity index (χ3v) is 14.5. The fraction of sp³-hybridized carbons (Fsp3) is 0.385. The summed E-state index contributed by atoms with van der Waals surface area (Å²) in [6, 6.07) is 31.7. The number of aliphatic imine (C=N–C) groups is 1. The van der Waals surface area contributed by atoms with Crippen LogP contribution in [0.4, 0.5) is 4.79 Å². The fourth-order valence-corrected chi connectivity index (χ4v) is 11.4. The number of carbonyl (C=O) groups excluding carboxylic acids is 3. The number of benzene rings is 4.